The third kappa shape index (κ3) is 5.36. The number of hydrogen-bond donors (Lipinski definition) is 1. The van der Waals surface area contributed by atoms with Crippen molar-refractivity contribution in [1.82, 2.24) is 15.2 Å². The van der Waals surface area contributed by atoms with Gasteiger partial charge in [0.2, 0.25) is 0 Å². The second-order valence-corrected chi connectivity index (χ2v) is 4.86. The molecule has 0 amide bonds. The molecule has 19 heavy (non-hydrogen) atoms. The first-order chi connectivity index (χ1) is 9.04. The van der Waals surface area contributed by atoms with E-state index in [0.717, 1.165) is 18.7 Å². The van der Waals surface area contributed by atoms with Crippen LogP contribution in [0.15, 0.2) is 18.3 Å². The largest absolute Gasteiger partial charge is 0.465 e. The Morgan fingerprint density at radius 3 is 2.89 bits per heavy atom. The lowest BCUT2D eigenvalue weighted by molar-refractivity contribution is 0.0598. The zero-order valence-electron chi connectivity index (χ0n) is 12.1. The Kier molecular flexibility index (Phi) is 6.45. The number of pyridine rings is 1. The number of rotatable bonds is 7. The van der Waals surface area contributed by atoms with Crippen LogP contribution in [0.1, 0.15) is 29.4 Å². The summed E-state index contributed by atoms with van der Waals surface area (Å²) in [4.78, 5) is 18.0. The fraction of sp³-hybridized carbons (Fsp3) is 0.571. The molecule has 5 heteroatoms. The maximum Gasteiger partial charge on any atom is 0.339 e. The van der Waals surface area contributed by atoms with E-state index in [1.165, 1.54) is 7.11 Å². The zero-order chi connectivity index (χ0) is 14.3. The fourth-order valence-corrected chi connectivity index (χ4v) is 1.70. The van der Waals surface area contributed by atoms with Gasteiger partial charge >= 0.3 is 5.97 Å². The van der Waals surface area contributed by atoms with Crippen LogP contribution in [0, 0.1) is 0 Å². The van der Waals surface area contributed by atoms with Gasteiger partial charge in [-0.05, 0) is 46.1 Å². The fourth-order valence-electron chi connectivity index (χ4n) is 1.70. The number of esters is 1. The number of ether oxygens (including phenoxy) is 1. The van der Waals surface area contributed by atoms with E-state index in [1.54, 1.807) is 18.3 Å². The number of hydrogen-bond acceptors (Lipinski definition) is 5. The van der Waals surface area contributed by atoms with Crippen molar-refractivity contribution in [2.45, 2.75) is 25.9 Å². The number of methoxy groups -OCH3 is 1. The molecule has 0 aliphatic heterocycles. The zero-order valence-corrected chi connectivity index (χ0v) is 12.1. The molecule has 1 aromatic heterocycles. The van der Waals surface area contributed by atoms with Gasteiger partial charge in [0.05, 0.1) is 18.4 Å². The summed E-state index contributed by atoms with van der Waals surface area (Å²) in [6.45, 7) is 3.73. The third-order valence-corrected chi connectivity index (χ3v) is 2.92. The average Bonchev–Trinajstić information content (AvgIpc) is 2.42. The molecule has 1 aromatic rings. The van der Waals surface area contributed by atoms with Crippen molar-refractivity contribution in [2.24, 2.45) is 0 Å². The number of carbonyl (C=O) groups is 1. The highest BCUT2D eigenvalue weighted by Gasteiger charge is 2.12. The van der Waals surface area contributed by atoms with E-state index in [1.807, 2.05) is 0 Å². The van der Waals surface area contributed by atoms with Crippen molar-refractivity contribution in [2.75, 3.05) is 27.7 Å². The summed E-state index contributed by atoms with van der Waals surface area (Å²) in [7, 11) is 5.49. The van der Waals surface area contributed by atoms with Crippen molar-refractivity contribution in [3.63, 3.8) is 0 Å². The van der Waals surface area contributed by atoms with E-state index >= 15 is 0 Å². The van der Waals surface area contributed by atoms with Gasteiger partial charge in [-0.1, -0.05) is 0 Å². The normalized spacial score (nSPS) is 12.5. The first-order valence-corrected chi connectivity index (χ1v) is 6.45. The minimum Gasteiger partial charge on any atom is -0.465 e. The van der Waals surface area contributed by atoms with Crippen molar-refractivity contribution < 1.29 is 9.53 Å². The predicted octanol–water partition coefficient (Wildman–Crippen LogP) is 1.30. The van der Waals surface area contributed by atoms with Gasteiger partial charge < -0.3 is 15.0 Å². The molecule has 106 valence electrons. The molecule has 0 fully saturated rings. The van der Waals surface area contributed by atoms with Gasteiger partial charge in [0.15, 0.2) is 0 Å². The second kappa shape index (κ2) is 7.86. The average molecular weight is 265 g/mol. The number of nitrogens with one attached hydrogen (secondary N) is 1. The van der Waals surface area contributed by atoms with Crippen LogP contribution in [-0.2, 0) is 11.3 Å². The van der Waals surface area contributed by atoms with Gasteiger partial charge in [0, 0.05) is 18.8 Å². The van der Waals surface area contributed by atoms with Crippen LogP contribution in [-0.4, -0.2) is 49.6 Å². The molecule has 0 radical (unpaired) electrons. The minimum absolute atomic E-state index is 0.342. The Hall–Kier alpha value is -1.46. The van der Waals surface area contributed by atoms with Gasteiger partial charge in [-0.3, -0.25) is 4.98 Å². The Bertz CT molecular complexity index is 407. The summed E-state index contributed by atoms with van der Waals surface area (Å²) < 4.78 is 4.75. The minimum atomic E-state index is -0.342. The van der Waals surface area contributed by atoms with Crippen LogP contribution >= 0.6 is 0 Å². The first-order valence-electron chi connectivity index (χ1n) is 6.45. The molecule has 1 heterocycles. The summed E-state index contributed by atoms with van der Waals surface area (Å²) in [6.07, 6.45) is 2.74. The molecule has 0 saturated heterocycles. The Morgan fingerprint density at radius 1 is 1.53 bits per heavy atom. The summed E-state index contributed by atoms with van der Waals surface area (Å²) in [5.41, 5.74) is 1.25. The van der Waals surface area contributed by atoms with Crippen LogP contribution in [0.4, 0.5) is 0 Å². The van der Waals surface area contributed by atoms with E-state index in [0.29, 0.717) is 18.2 Å². The first kappa shape index (κ1) is 15.6. The van der Waals surface area contributed by atoms with Gasteiger partial charge in [0.1, 0.15) is 0 Å². The predicted molar refractivity (Wildman–Crippen MR) is 75.0 cm³/mol. The van der Waals surface area contributed by atoms with Crippen molar-refractivity contribution in [1.29, 1.82) is 0 Å². The maximum atomic E-state index is 11.6. The smallest absolute Gasteiger partial charge is 0.339 e. The topological polar surface area (TPSA) is 54.5 Å². The SMILES string of the molecule is COC(=O)c1cccnc1CNC(C)CCN(C)C. The van der Waals surface area contributed by atoms with Gasteiger partial charge in [0.25, 0.3) is 0 Å². The second-order valence-electron chi connectivity index (χ2n) is 4.86. The molecule has 0 bridgehead atoms. The molecule has 1 unspecified atom stereocenters. The summed E-state index contributed by atoms with van der Waals surface area (Å²) >= 11 is 0. The summed E-state index contributed by atoms with van der Waals surface area (Å²) in [5, 5.41) is 3.38. The maximum absolute atomic E-state index is 11.6. The summed E-state index contributed by atoms with van der Waals surface area (Å²) in [6, 6.07) is 3.85. The molecular formula is C14H23N3O2. The van der Waals surface area contributed by atoms with E-state index < -0.39 is 0 Å². The number of carbonyl (C=O) groups excluding carboxylic acids is 1. The van der Waals surface area contributed by atoms with E-state index in [-0.39, 0.29) is 5.97 Å². The monoisotopic (exact) mass is 265 g/mol. The summed E-state index contributed by atoms with van der Waals surface area (Å²) in [5.74, 6) is -0.342. The van der Waals surface area contributed by atoms with Crippen molar-refractivity contribution >= 4 is 5.97 Å². The highest BCUT2D eigenvalue weighted by molar-refractivity contribution is 5.90. The number of aromatic nitrogens is 1. The van der Waals surface area contributed by atoms with Crippen molar-refractivity contribution in [3.05, 3.63) is 29.6 Å². The molecule has 0 aliphatic rings. The van der Waals surface area contributed by atoms with Crippen LogP contribution in [0.3, 0.4) is 0 Å². The molecule has 0 spiro atoms. The van der Waals surface area contributed by atoms with Gasteiger partial charge in [-0.25, -0.2) is 4.79 Å². The van der Waals surface area contributed by atoms with Gasteiger partial charge in [-0.15, -0.1) is 0 Å². The molecule has 5 nitrogen and oxygen atoms in total. The Morgan fingerprint density at radius 2 is 2.26 bits per heavy atom. The Labute approximate surface area is 115 Å². The molecule has 1 rings (SSSR count). The molecule has 1 atom stereocenters. The van der Waals surface area contributed by atoms with Crippen LogP contribution < -0.4 is 5.32 Å². The van der Waals surface area contributed by atoms with E-state index in [9.17, 15) is 4.79 Å². The Balaban J connectivity index is 2.55. The highest BCUT2D eigenvalue weighted by Crippen LogP contribution is 2.07. The van der Waals surface area contributed by atoms with Gasteiger partial charge in [-0.2, -0.15) is 0 Å². The molecule has 0 saturated carbocycles. The van der Waals surface area contributed by atoms with Crippen LogP contribution in [0.2, 0.25) is 0 Å². The quantitative estimate of drug-likeness (QED) is 0.753. The third-order valence-electron chi connectivity index (χ3n) is 2.92. The lowest BCUT2D eigenvalue weighted by Crippen LogP contribution is -2.30. The highest BCUT2D eigenvalue weighted by atomic mass is 16.5. The molecular weight excluding hydrogens is 242 g/mol. The molecule has 1 N–H and O–H groups in total. The standard InChI is InChI=1S/C14H23N3O2/c1-11(7-9-17(2)3)16-10-13-12(14(18)19-4)6-5-8-15-13/h5-6,8,11,16H,7,9-10H2,1-4H3. The van der Waals surface area contributed by atoms with Crippen LogP contribution in [0.5, 0.6) is 0 Å². The van der Waals surface area contributed by atoms with Crippen LogP contribution in [0.25, 0.3) is 0 Å². The van der Waals surface area contributed by atoms with E-state index in [2.05, 4.69) is 36.2 Å². The van der Waals surface area contributed by atoms with Crippen molar-refractivity contribution in [3.8, 4) is 0 Å². The number of nitrogens with zero attached hydrogens (tertiary/aromatic N) is 2. The molecule has 0 aromatic carbocycles. The lowest BCUT2D eigenvalue weighted by atomic mass is 10.1. The van der Waals surface area contributed by atoms with E-state index in [4.69, 9.17) is 4.74 Å². The molecule has 0 aliphatic carbocycles. The lowest BCUT2D eigenvalue weighted by Gasteiger charge is -2.17.